The number of rotatable bonds is 2. The molecule has 0 aliphatic carbocycles. The van der Waals surface area contributed by atoms with Crippen LogP contribution in [0.25, 0.3) is 11.0 Å². The van der Waals surface area contributed by atoms with E-state index in [1.165, 1.54) is 17.7 Å². The number of hydrogen-bond acceptors (Lipinski definition) is 5. The number of hydrogen-bond donors (Lipinski definition) is 1. The molecule has 4 heterocycles. The molecule has 31 heavy (non-hydrogen) atoms. The SMILES string of the molecule is Fc1ccc2nc(CN3CC4(COc5cc6c(cc54)OCO6)c4ccccc43)[nH]c2c1. The zero-order valence-electron chi connectivity index (χ0n) is 16.5. The van der Waals surface area contributed by atoms with E-state index in [1.807, 2.05) is 6.07 Å². The van der Waals surface area contributed by atoms with Gasteiger partial charge in [0, 0.05) is 23.9 Å². The minimum atomic E-state index is -0.287. The van der Waals surface area contributed by atoms with Gasteiger partial charge in [-0.1, -0.05) is 18.2 Å². The van der Waals surface area contributed by atoms with E-state index in [0.717, 1.165) is 46.4 Å². The lowest BCUT2D eigenvalue weighted by Gasteiger charge is -2.24. The molecule has 1 atom stereocenters. The lowest BCUT2D eigenvalue weighted by molar-refractivity contribution is 0.173. The lowest BCUT2D eigenvalue weighted by Crippen LogP contribution is -2.36. The second-order valence-electron chi connectivity index (χ2n) is 8.29. The van der Waals surface area contributed by atoms with Crippen molar-refractivity contribution in [2.45, 2.75) is 12.0 Å². The number of nitrogens with zero attached hydrogens (tertiary/aromatic N) is 2. The van der Waals surface area contributed by atoms with Crippen LogP contribution in [0.3, 0.4) is 0 Å². The second-order valence-corrected chi connectivity index (χ2v) is 8.29. The van der Waals surface area contributed by atoms with Crippen LogP contribution < -0.4 is 19.1 Å². The van der Waals surface area contributed by atoms with Crippen LogP contribution in [-0.2, 0) is 12.0 Å². The largest absolute Gasteiger partial charge is 0.492 e. The normalized spacial score (nSPS) is 20.4. The third kappa shape index (κ3) is 2.34. The Labute approximate surface area is 177 Å². The molecule has 3 aliphatic rings. The third-order valence-corrected chi connectivity index (χ3v) is 6.52. The van der Waals surface area contributed by atoms with Crippen molar-refractivity contribution in [3.05, 3.63) is 77.4 Å². The van der Waals surface area contributed by atoms with E-state index < -0.39 is 0 Å². The Morgan fingerprint density at radius 3 is 2.77 bits per heavy atom. The molecule has 0 saturated carbocycles. The van der Waals surface area contributed by atoms with Gasteiger partial charge in [-0.3, -0.25) is 0 Å². The predicted octanol–water partition coefficient (Wildman–Crippen LogP) is 4.13. The number of benzene rings is 3. The summed E-state index contributed by atoms with van der Waals surface area (Å²) in [6, 6.07) is 17.0. The van der Waals surface area contributed by atoms with Gasteiger partial charge in [-0.25, -0.2) is 9.37 Å². The molecule has 0 amide bonds. The molecule has 4 aromatic rings. The average molecular weight is 415 g/mol. The van der Waals surface area contributed by atoms with Crippen LogP contribution in [0, 0.1) is 5.82 Å². The van der Waals surface area contributed by atoms with Crippen molar-refractivity contribution in [3.8, 4) is 17.2 Å². The minimum Gasteiger partial charge on any atom is -0.492 e. The van der Waals surface area contributed by atoms with E-state index in [2.05, 4.69) is 45.2 Å². The Kier molecular flexibility index (Phi) is 3.24. The molecule has 1 unspecified atom stereocenters. The molecule has 7 heteroatoms. The Hall–Kier alpha value is -3.74. The standard InChI is InChI=1S/C24H18FN3O3/c25-14-5-6-17-18(7-14)27-23(26-17)10-28-11-24(15-3-1-2-4-19(15)28)12-29-20-9-22-21(8-16(20)24)30-13-31-22/h1-9H,10-13H2,(H,26,27). The number of nitrogens with one attached hydrogen (secondary N) is 1. The fourth-order valence-corrected chi connectivity index (χ4v) is 5.13. The van der Waals surface area contributed by atoms with Gasteiger partial charge in [-0.2, -0.15) is 0 Å². The van der Waals surface area contributed by atoms with Crippen molar-refractivity contribution >= 4 is 16.7 Å². The van der Waals surface area contributed by atoms with Gasteiger partial charge >= 0.3 is 0 Å². The first-order chi connectivity index (χ1) is 15.2. The van der Waals surface area contributed by atoms with E-state index in [0.29, 0.717) is 18.7 Å². The fourth-order valence-electron chi connectivity index (χ4n) is 5.13. The van der Waals surface area contributed by atoms with Crippen molar-refractivity contribution in [3.63, 3.8) is 0 Å². The number of halogens is 1. The monoisotopic (exact) mass is 415 g/mol. The van der Waals surface area contributed by atoms with Crippen molar-refractivity contribution in [2.75, 3.05) is 24.8 Å². The van der Waals surface area contributed by atoms with Gasteiger partial charge in [0.05, 0.1) is 23.0 Å². The maximum Gasteiger partial charge on any atom is 0.231 e. The Balaban J connectivity index is 1.31. The topological polar surface area (TPSA) is 59.6 Å². The highest BCUT2D eigenvalue weighted by Gasteiger charge is 2.50. The first kappa shape index (κ1) is 17.0. The number of imidazole rings is 1. The summed E-state index contributed by atoms with van der Waals surface area (Å²) in [5.74, 6) is 2.87. The zero-order valence-corrected chi connectivity index (χ0v) is 16.5. The molecule has 0 radical (unpaired) electrons. The van der Waals surface area contributed by atoms with Gasteiger partial charge in [0.15, 0.2) is 11.5 Å². The minimum absolute atomic E-state index is 0.237. The van der Waals surface area contributed by atoms with Gasteiger partial charge in [0.25, 0.3) is 0 Å². The summed E-state index contributed by atoms with van der Waals surface area (Å²) in [4.78, 5) is 10.2. The molecule has 1 aromatic heterocycles. The summed E-state index contributed by atoms with van der Waals surface area (Å²) < 4.78 is 30.9. The fraction of sp³-hybridized carbons (Fsp3) is 0.208. The molecule has 3 aromatic carbocycles. The number of para-hydroxylation sites is 1. The van der Waals surface area contributed by atoms with Crippen LogP contribution in [0.5, 0.6) is 17.2 Å². The summed E-state index contributed by atoms with van der Waals surface area (Å²) >= 11 is 0. The van der Waals surface area contributed by atoms with E-state index in [4.69, 9.17) is 14.2 Å². The first-order valence-corrected chi connectivity index (χ1v) is 10.3. The van der Waals surface area contributed by atoms with Gasteiger partial charge in [0.1, 0.15) is 24.0 Å². The molecular formula is C24H18FN3O3. The molecular weight excluding hydrogens is 397 g/mol. The summed E-state index contributed by atoms with van der Waals surface area (Å²) in [7, 11) is 0. The number of fused-ring (bicyclic) bond motifs is 6. The number of ether oxygens (including phenoxy) is 3. The van der Waals surface area contributed by atoms with Crippen molar-refractivity contribution in [2.24, 2.45) is 0 Å². The van der Waals surface area contributed by atoms with Gasteiger partial charge in [0.2, 0.25) is 6.79 Å². The van der Waals surface area contributed by atoms with Crippen LogP contribution >= 0.6 is 0 Å². The maximum absolute atomic E-state index is 13.6. The van der Waals surface area contributed by atoms with Gasteiger partial charge in [-0.15, -0.1) is 0 Å². The van der Waals surface area contributed by atoms with Crippen LogP contribution in [0.1, 0.15) is 17.0 Å². The summed E-state index contributed by atoms with van der Waals surface area (Å²) in [5.41, 5.74) is 4.70. The molecule has 0 fully saturated rings. The molecule has 1 N–H and O–H groups in total. The maximum atomic E-state index is 13.6. The number of anilines is 1. The highest BCUT2D eigenvalue weighted by Crippen LogP contribution is 2.54. The quantitative estimate of drug-likeness (QED) is 0.534. The molecule has 1 spiro atoms. The van der Waals surface area contributed by atoms with E-state index in [1.54, 1.807) is 6.07 Å². The summed E-state index contributed by atoms with van der Waals surface area (Å²) in [5, 5.41) is 0. The second kappa shape index (κ2) is 5.91. The molecule has 0 saturated heterocycles. The van der Waals surface area contributed by atoms with Crippen molar-refractivity contribution < 1.29 is 18.6 Å². The smallest absolute Gasteiger partial charge is 0.231 e. The third-order valence-electron chi connectivity index (χ3n) is 6.52. The van der Waals surface area contributed by atoms with Gasteiger partial charge < -0.3 is 24.1 Å². The van der Waals surface area contributed by atoms with Crippen LogP contribution in [0.4, 0.5) is 10.1 Å². The summed E-state index contributed by atoms with van der Waals surface area (Å²) in [6.07, 6.45) is 0. The predicted molar refractivity (Wildman–Crippen MR) is 112 cm³/mol. The first-order valence-electron chi connectivity index (χ1n) is 10.3. The van der Waals surface area contributed by atoms with Crippen LogP contribution in [-0.4, -0.2) is 29.9 Å². The summed E-state index contributed by atoms with van der Waals surface area (Å²) in [6.45, 7) is 2.14. The number of aromatic nitrogens is 2. The number of H-pyrrole nitrogens is 1. The molecule has 3 aliphatic heterocycles. The van der Waals surface area contributed by atoms with E-state index >= 15 is 0 Å². The van der Waals surface area contributed by atoms with E-state index in [-0.39, 0.29) is 18.0 Å². The van der Waals surface area contributed by atoms with Gasteiger partial charge in [-0.05, 0) is 35.9 Å². The Morgan fingerprint density at radius 2 is 1.84 bits per heavy atom. The number of aromatic amines is 1. The van der Waals surface area contributed by atoms with Crippen molar-refractivity contribution in [1.82, 2.24) is 9.97 Å². The highest BCUT2D eigenvalue weighted by molar-refractivity contribution is 5.75. The molecule has 0 bridgehead atoms. The van der Waals surface area contributed by atoms with Crippen LogP contribution in [0.2, 0.25) is 0 Å². The Morgan fingerprint density at radius 1 is 0.968 bits per heavy atom. The van der Waals surface area contributed by atoms with E-state index in [9.17, 15) is 4.39 Å². The molecule has 154 valence electrons. The average Bonchev–Trinajstić information content (AvgIpc) is 3.53. The zero-order chi connectivity index (χ0) is 20.6. The lowest BCUT2D eigenvalue weighted by atomic mass is 9.77. The molecule has 7 rings (SSSR count). The highest BCUT2D eigenvalue weighted by atomic mass is 19.1. The molecule has 6 nitrogen and oxygen atoms in total. The van der Waals surface area contributed by atoms with Crippen molar-refractivity contribution in [1.29, 1.82) is 0 Å². The van der Waals surface area contributed by atoms with Crippen LogP contribution in [0.15, 0.2) is 54.6 Å². The Bertz CT molecular complexity index is 1370.